The van der Waals surface area contributed by atoms with Crippen LogP contribution in [-0.4, -0.2) is 49.7 Å². The molecule has 1 aliphatic heterocycles. The number of sulfonamides is 1. The van der Waals surface area contributed by atoms with E-state index in [0.717, 1.165) is 48.2 Å². The maximum absolute atomic E-state index is 13.0. The Kier molecular flexibility index (Phi) is 8.23. The Labute approximate surface area is 214 Å². The summed E-state index contributed by atoms with van der Waals surface area (Å²) in [5, 5.41) is 6.09. The van der Waals surface area contributed by atoms with Crippen molar-refractivity contribution >= 4 is 21.8 Å². The largest absolute Gasteiger partial charge is 0.416 e. The monoisotopic (exact) mass is 537 g/mol. The molecule has 1 saturated carbocycles. The number of piperidine rings is 1. The van der Waals surface area contributed by atoms with Gasteiger partial charge in [-0.2, -0.15) is 17.5 Å². The van der Waals surface area contributed by atoms with Crippen molar-refractivity contribution in [2.45, 2.75) is 61.7 Å². The van der Waals surface area contributed by atoms with Gasteiger partial charge in [-0.05, 0) is 56.0 Å². The molecule has 0 bridgehead atoms. The molecule has 2 amide bonds. The van der Waals surface area contributed by atoms with E-state index < -0.39 is 32.6 Å². The van der Waals surface area contributed by atoms with Gasteiger partial charge in [-0.15, -0.1) is 0 Å². The molecule has 0 aromatic heterocycles. The van der Waals surface area contributed by atoms with Crippen LogP contribution in [0.2, 0.25) is 0 Å². The summed E-state index contributed by atoms with van der Waals surface area (Å²) in [5.74, 6) is -0.804. The smallest absolute Gasteiger partial charge is 0.351 e. The molecule has 2 fully saturated rings. The minimum Gasteiger partial charge on any atom is -0.351 e. The number of nitrogens with one attached hydrogen (secondary N) is 2. The van der Waals surface area contributed by atoms with Crippen LogP contribution in [0.15, 0.2) is 59.5 Å². The van der Waals surface area contributed by atoms with Crippen molar-refractivity contribution in [1.29, 1.82) is 0 Å². The first-order valence-electron chi connectivity index (χ1n) is 12.4. The second kappa shape index (κ2) is 11.2. The highest BCUT2D eigenvalue weighted by Crippen LogP contribution is 2.32. The van der Waals surface area contributed by atoms with Gasteiger partial charge in [0, 0.05) is 36.7 Å². The summed E-state index contributed by atoms with van der Waals surface area (Å²) in [6.45, 7) is 0.0744. The summed E-state index contributed by atoms with van der Waals surface area (Å²) < 4.78 is 66.1. The predicted octanol–water partition coefficient (Wildman–Crippen LogP) is 3.96. The van der Waals surface area contributed by atoms with E-state index in [2.05, 4.69) is 10.6 Å². The highest BCUT2D eigenvalue weighted by atomic mass is 32.2. The van der Waals surface area contributed by atoms with Crippen LogP contribution in [0.25, 0.3) is 0 Å². The molecule has 1 saturated heterocycles. The Hall–Kier alpha value is -2.92. The van der Waals surface area contributed by atoms with Crippen LogP contribution in [0.3, 0.4) is 0 Å². The Balaban J connectivity index is 1.34. The minimum absolute atomic E-state index is 0.0372. The third kappa shape index (κ3) is 6.51. The zero-order valence-corrected chi connectivity index (χ0v) is 21.0. The lowest BCUT2D eigenvalue weighted by Gasteiger charge is -2.35. The molecule has 0 spiro atoms. The molecule has 2 aliphatic rings. The summed E-state index contributed by atoms with van der Waals surface area (Å²) in [6.07, 6.45) is -0.774. The van der Waals surface area contributed by atoms with Gasteiger partial charge in [0.05, 0.1) is 10.5 Å². The van der Waals surface area contributed by atoms with Crippen LogP contribution >= 0.6 is 0 Å². The molecule has 4 rings (SSSR count). The molecular formula is C26H30F3N3O4S. The number of carbonyl (C=O) groups is 2. The van der Waals surface area contributed by atoms with E-state index >= 15 is 0 Å². The number of alkyl halides is 3. The zero-order chi connectivity index (χ0) is 26.6. The quantitative estimate of drug-likeness (QED) is 0.583. The van der Waals surface area contributed by atoms with Crippen molar-refractivity contribution < 1.29 is 31.2 Å². The van der Waals surface area contributed by atoms with Crippen molar-refractivity contribution in [1.82, 2.24) is 14.9 Å². The van der Waals surface area contributed by atoms with Gasteiger partial charge in [-0.3, -0.25) is 9.59 Å². The number of halogens is 3. The Bertz CT molecular complexity index is 1210. The maximum atomic E-state index is 13.0. The SMILES string of the molecule is O=C(N[C@@H]1CCCC[C@H]1NC(=O)C1CCN(S(=O)(=O)c2cccc(C(F)(F)F)c2)CC1)c1ccccc1. The lowest BCUT2D eigenvalue weighted by Crippen LogP contribution is -2.55. The first kappa shape index (κ1) is 27.1. The third-order valence-electron chi connectivity index (χ3n) is 7.07. The molecule has 7 nitrogen and oxygen atoms in total. The number of hydrogen-bond donors (Lipinski definition) is 2. The van der Waals surface area contributed by atoms with E-state index in [4.69, 9.17) is 0 Å². The average molecular weight is 538 g/mol. The van der Waals surface area contributed by atoms with Crippen LogP contribution in [-0.2, 0) is 21.0 Å². The van der Waals surface area contributed by atoms with Crippen molar-refractivity contribution in [2.24, 2.45) is 5.92 Å². The van der Waals surface area contributed by atoms with E-state index in [1.807, 2.05) is 6.07 Å². The molecule has 2 aromatic carbocycles. The van der Waals surface area contributed by atoms with Crippen molar-refractivity contribution in [3.05, 3.63) is 65.7 Å². The summed E-state index contributed by atoms with van der Waals surface area (Å²) in [4.78, 5) is 25.2. The number of rotatable bonds is 6. The van der Waals surface area contributed by atoms with E-state index in [-0.39, 0.29) is 49.8 Å². The number of carbonyl (C=O) groups excluding carboxylic acids is 2. The molecule has 1 heterocycles. The Morgan fingerprint density at radius 3 is 2.08 bits per heavy atom. The number of amides is 2. The lowest BCUT2D eigenvalue weighted by atomic mass is 9.88. The third-order valence-corrected chi connectivity index (χ3v) is 8.96. The Morgan fingerprint density at radius 1 is 0.838 bits per heavy atom. The number of nitrogens with zero attached hydrogens (tertiary/aromatic N) is 1. The first-order valence-corrected chi connectivity index (χ1v) is 13.8. The van der Waals surface area contributed by atoms with Crippen LogP contribution in [0.4, 0.5) is 13.2 Å². The second-order valence-corrected chi connectivity index (χ2v) is 11.5. The van der Waals surface area contributed by atoms with E-state index in [1.54, 1.807) is 24.3 Å². The molecule has 37 heavy (non-hydrogen) atoms. The summed E-state index contributed by atoms with van der Waals surface area (Å²) in [7, 11) is -4.12. The highest BCUT2D eigenvalue weighted by Gasteiger charge is 2.36. The standard InChI is InChI=1S/C26H30F3N3O4S/c27-26(28,29)20-9-6-10-21(17-20)37(35,36)32-15-13-19(14-16-32)25(34)31-23-12-5-4-11-22(23)30-24(33)18-7-2-1-3-8-18/h1-3,6-10,17,19,22-23H,4-5,11-16H2,(H,30,33)(H,31,34)/t22-,23-/m1/s1. The molecule has 2 aromatic rings. The topological polar surface area (TPSA) is 95.6 Å². The first-order chi connectivity index (χ1) is 17.6. The van der Waals surface area contributed by atoms with Crippen molar-refractivity contribution in [3.63, 3.8) is 0 Å². The molecule has 1 aliphatic carbocycles. The van der Waals surface area contributed by atoms with Crippen LogP contribution in [0, 0.1) is 5.92 Å². The average Bonchev–Trinajstić information content (AvgIpc) is 2.90. The molecule has 0 unspecified atom stereocenters. The summed E-state index contributed by atoms with van der Waals surface area (Å²) in [6, 6.07) is 12.1. The predicted molar refractivity (Wildman–Crippen MR) is 131 cm³/mol. The summed E-state index contributed by atoms with van der Waals surface area (Å²) >= 11 is 0. The molecule has 0 radical (unpaired) electrons. The van der Waals surface area contributed by atoms with Crippen LogP contribution < -0.4 is 10.6 Å². The highest BCUT2D eigenvalue weighted by molar-refractivity contribution is 7.89. The maximum Gasteiger partial charge on any atom is 0.416 e. The van der Waals surface area contributed by atoms with Gasteiger partial charge in [0.25, 0.3) is 5.91 Å². The molecule has 11 heteroatoms. The van der Waals surface area contributed by atoms with E-state index in [9.17, 15) is 31.2 Å². The van der Waals surface area contributed by atoms with Gasteiger partial charge in [-0.1, -0.05) is 37.1 Å². The number of benzene rings is 2. The fraction of sp³-hybridized carbons (Fsp3) is 0.462. The van der Waals surface area contributed by atoms with Gasteiger partial charge in [0.1, 0.15) is 0 Å². The normalized spacial score (nSPS) is 21.8. The minimum atomic E-state index is -4.64. The second-order valence-electron chi connectivity index (χ2n) is 9.55. The van der Waals surface area contributed by atoms with Gasteiger partial charge < -0.3 is 10.6 Å². The summed E-state index contributed by atoms with van der Waals surface area (Å²) in [5.41, 5.74) is -0.475. The Morgan fingerprint density at radius 2 is 1.46 bits per heavy atom. The van der Waals surface area contributed by atoms with E-state index in [0.29, 0.717) is 11.6 Å². The van der Waals surface area contributed by atoms with Gasteiger partial charge >= 0.3 is 6.18 Å². The van der Waals surface area contributed by atoms with Crippen LogP contribution in [0.1, 0.15) is 54.4 Å². The van der Waals surface area contributed by atoms with Crippen molar-refractivity contribution in [3.8, 4) is 0 Å². The fourth-order valence-electron chi connectivity index (χ4n) is 4.96. The molecule has 2 N–H and O–H groups in total. The fourth-order valence-corrected chi connectivity index (χ4v) is 6.47. The molecular weight excluding hydrogens is 507 g/mol. The molecule has 2 atom stereocenters. The number of hydrogen-bond acceptors (Lipinski definition) is 4. The van der Waals surface area contributed by atoms with Gasteiger partial charge in [0.2, 0.25) is 15.9 Å². The van der Waals surface area contributed by atoms with Crippen LogP contribution in [0.5, 0.6) is 0 Å². The van der Waals surface area contributed by atoms with Crippen molar-refractivity contribution in [2.75, 3.05) is 13.1 Å². The zero-order valence-electron chi connectivity index (χ0n) is 20.2. The van der Waals surface area contributed by atoms with Gasteiger partial charge in [0.15, 0.2) is 0 Å². The lowest BCUT2D eigenvalue weighted by molar-refractivity contribution is -0.137. The van der Waals surface area contributed by atoms with E-state index in [1.165, 1.54) is 0 Å². The van der Waals surface area contributed by atoms with Gasteiger partial charge in [-0.25, -0.2) is 8.42 Å². The molecule has 200 valence electrons.